The van der Waals surface area contributed by atoms with Crippen molar-refractivity contribution in [3.8, 4) is 5.75 Å². The molecule has 0 saturated carbocycles. The van der Waals surface area contributed by atoms with Gasteiger partial charge in [-0.25, -0.2) is 4.90 Å². The average Bonchev–Trinajstić information content (AvgIpc) is 3.35. The van der Waals surface area contributed by atoms with Gasteiger partial charge in [0, 0.05) is 34.2 Å². The molecule has 3 aromatic carbocycles. The van der Waals surface area contributed by atoms with Gasteiger partial charge in [-0.3, -0.25) is 9.59 Å². The number of aryl methyl sites for hydroxylation is 1. The van der Waals surface area contributed by atoms with Crippen LogP contribution in [-0.4, -0.2) is 22.3 Å². The maximum atomic E-state index is 13.1. The Bertz CT molecular complexity index is 1450. The molecule has 0 radical (unpaired) electrons. The number of aromatic nitrogens is 1. The molecule has 0 N–H and O–H groups in total. The summed E-state index contributed by atoms with van der Waals surface area (Å²) in [6.45, 7) is 1.25. The summed E-state index contributed by atoms with van der Waals surface area (Å²) in [5, 5.41) is 1.82. The van der Waals surface area contributed by atoms with Gasteiger partial charge in [0.2, 0.25) is 0 Å². The first-order valence-electron chi connectivity index (χ1n) is 11.0. The van der Waals surface area contributed by atoms with E-state index in [9.17, 15) is 9.59 Å². The molecule has 1 aliphatic rings. The van der Waals surface area contributed by atoms with E-state index in [-0.39, 0.29) is 11.1 Å². The summed E-state index contributed by atoms with van der Waals surface area (Å²) in [5.41, 5.74) is 2.43. The number of carbonyl (C=O) groups is 2. The first kappa shape index (κ1) is 23.5. The Morgan fingerprint density at radius 1 is 0.914 bits per heavy atom. The van der Waals surface area contributed by atoms with E-state index in [1.165, 1.54) is 4.90 Å². The molecular weight excluding hydrogens is 503 g/mol. The van der Waals surface area contributed by atoms with Crippen molar-refractivity contribution in [1.82, 2.24) is 4.57 Å². The highest BCUT2D eigenvalue weighted by Crippen LogP contribution is 2.37. The summed E-state index contributed by atoms with van der Waals surface area (Å²) in [5.74, 6) is 0.330. The second-order valence-electron chi connectivity index (χ2n) is 7.92. The Labute approximate surface area is 216 Å². The van der Waals surface area contributed by atoms with E-state index in [4.69, 9.17) is 27.9 Å². The second-order valence-corrected chi connectivity index (χ2v) is 9.76. The molecule has 176 valence electrons. The topological polar surface area (TPSA) is 51.5 Å². The van der Waals surface area contributed by atoms with Crippen LogP contribution in [0.4, 0.5) is 10.5 Å². The zero-order chi connectivity index (χ0) is 24.4. The van der Waals surface area contributed by atoms with Crippen molar-refractivity contribution in [1.29, 1.82) is 0 Å². The minimum Gasteiger partial charge on any atom is -0.492 e. The molecule has 1 aromatic heterocycles. The molecule has 1 aliphatic heterocycles. The molecule has 0 spiro atoms. The molecule has 2 amide bonds. The van der Waals surface area contributed by atoms with Crippen LogP contribution in [0.25, 0.3) is 17.0 Å². The number of rotatable bonds is 7. The number of amides is 2. The lowest BCUT2D eigenvalue weighted by Gasteiger charge is -2.12. The fraction of sp³-hybridized carbons (Fsp3) is 0.111. The largest absolute Gasteiger partial charge is 0.492 e. The summed E-state index contributed by atoms with van der Waals surface area (Å²) < 4.78 is 7.96. The van der Waals surface area contributed by atoms with Gasteiger partial charge in [0.25, 0.3) is 11.1 Å². The van der Waals surface area contributed by atoms with E-state index in [0.29, 0.717) is 33.0 Å². The predicted molar refractivity (Wildman–Crippen MR) is 143 cm³/mol. The lowest BCUT2D eigenvalue weighted by atomic mass is 10.1. The van der Waals surface area contributed by atoms with Crippen LogP contribution < -0.4 is 9.64 Å². The highest BCUT2D eigenvalue weighted by molar-refractivity contribution is 8.19. The second kappa shape index (κ2) is 10.2. The fourth-order valence-corrected chi connectivity index (χ4v) is 5.12. The smallest absolute Gasteiger partial charge is 0.298 e. The lowest BCUT2D eigenvalue weighted by molar-refractivity contribution is -0.113. The maximum absolute atomic E-state index is 13.1. The Balaban J connectivity index is 1.35. The van der Waals surface area contributed by atoms with Gasteiger partial charge >= 0.3 is 0 Å². The fourth-order valence-electron chi connectivity index (χ4n) is 3.98. The Morgan fingerprint density at radius 3 is 2.46 bits per heavy atom. The number of nitrogens with zero attached hydrogens (tertiary/aromatic N) is 2. The van der Waals surface area contributed by atoms with E-state index < -0.39 is 0 Å². The van der Waals surface area contributed by atoms with Crippen molar-refractivity contribution < 1.29 is 14.3 Å². The highest BCUT2D eigenvalue weighted by Gasteiger charge is 2.36. The summed E-state index contributed by atoms with van der Waals surface area (Å²) in [6, 6.07) is 22.1. The molecule has 5 rings (SSSR count). The number of benzene rings is 3. The van der Waals surface area contributed by atoms with E-state index in [1.807, 2.05) is 48.7 Å². The minimum absolute atomic E-state index is 0.330. The molecule has 0 atom stereocenters. The number of halogens is 2. The predicted octanol–water partition coefficient (Wildman–Crippen LogP) is 7.66. The average molecular weight is 523 g/mol. The molecule has 1 fully saturated rings. The molecule has 5 nitrogen and oxygen atoms in total. The molecule has 0 unspecified atom stereocenters. The van der Waals surface area contributed by atoms with Gasteiger partial charge in [0.15, 0.2) is 0 Å². The van der Waals surface area contributed by atoms with E-state index in [1.54, 1.807) is 36.4 Å². The van der Waals surface area contributed by atoms with Crippen molar-refractivity contribution in [3.63, 3.8) is 0 Å². The van der Waals surface area contributed by atoms with Gasteiger partial charge in [-0.15, -0.1) is 0 Å². The van der Waals surface area contributed by atoms with Crippen LogP contribution in [0.5, 0.6) is 5.75 Å². The molecule has 35 heavy (non-hydrogen) atoms. The zero-order valence-electron chi connectivity index (χ0n) is 18.5. The molecule has 0 bridgehead atoms. The number of ether oxygens (including phenoxy) is 1. The lowest BCUT2D eigenvalue weighted by Crippen LogP contribution is -2.27. The quantitative estimate of drug-likeness (QED) is 0.184. The number of hydrogen-bond donors (Lipinski definition) is 0. The number of para-hydroxylation sites is 2. The Hall–Kier alpha value is -3.19. The maximum Gasteiger partial charge on any atom is 0.298 e. The first-order chi connectivity index (χ1) is 17.0. The van der Waals surface area contributed by atoms with Crippen LogP contribution >= 0.6 is 35.0 Å². The van der Waals surface area contributed by atoms with Gasteiger partial charge in [0.05, 0.1) is 22.2 Å². The molecule has 8 heteroatoms. The van der Waals surface area contributed by atoms with Crippen LogP contribution in [0.15, 0.2) is 83.9 Å². The Kier molecular flexibility index (Phi) is 6.86. The third kappa shape index (κ3) is 4.96. The van der Waals surface area contributed by atoms with Crippen molar-refractivity contribution in [3.05, 3.63) is 99.5 Å². The van der Waals surface area contributed by atoms with E-state index >= 15 is 0 Å². The van der Waals surface area contributed by atoms with Crippen molar-refractivity contribution in [2.45, 2.75) is 13.0 Å². The number of anilines is 1. The molecule has 0 aliphatic carbocycles. The summed E-state index contributed by atoms with van der Waals surface area (Å²) in [4.78, 5) is 27.3. The van der Waals surface area contributed by atoms with Crippen LogP contribution in [0.3, 0.4) is 0 Å². The minimum atomic E-state index is -0.340. The zero-order valence-corrected chi connectivity index (χ0v) is 20.8. The van der Waals surface area contributed by atoms with Gasteiger partial charge in [-0.2, -0.15) is 0 Å². The monoisotopic (exact) mass is 522 g/mol. The standard InChI is InChI=1S/C27H20Cl2N2O3S/c28-19-10-12-20(13-11-19)31-26(32)25(35-27(31)33)16-18-17-30(23-8-3-1-6-21(18)23)14-5-15-34-24-9-4-2-7-22(24)29/h1-4,6-13,16-17H,5,14-15H2/b25-16-. The molecule has 1 saturated heterocycles. The van der Waals surface area contributed by atoms with Crippen molar-refractivity contribution >= 4 is 68.8 Å². The summed E-state index contributed by atoms with van der Waals surface area (Å²) >= 11 is 13.0. The van der Waals surface area contributed by atoms with Crippen LogP contribution in [0.1, 0.15) is 12.0 Å². The van der Waals surface area contributed by atoms with Crippen LogP contribution in [0, 0.1) is 0 Å². The Morgan fingerprint density at radius 2 is 1.66 bits per heavy atom. The van der Waals surface area contributed by atoms with Gasteiger partial charge in [0.1, 0.15) is 5.75 Å². The highest BCUT2D eigenvalue weighted by atomic mass is 35.5. The molecule has 2 heterocycles. The van der Waals surface area contributed by atoms with Gasteiger partial charge in [-0.05, 0) is 66.7 Å². The van der Waals surface area contributed by atoms with Gasteiger partial charge < -0.3 is 9.30 Å². The van der Waals surface area contributed by atoms with Crippen LogP contribution in [0.2, 0.25) is 10.0 Å². The number of carbonyl (C=O) groups excluding carboxylic acids is 2. The number of hydrogen-bond acceptors (Lipinski definition) is 4. The van der Waals surface area contributed by atoms with E-state index in [2.05, 4.69) is 4.57 Å². The molecular formula is C27H20Cl2N2O3S. The van der Waals surface area contributed by atoms with Gasteiger partial charge in [-0.1, -0.05) is 53.5 Å². The number of imide groups is 1. The van der Waals surface area contributed by atoms with Crippen LogP contribution in [-0.2, 0) is 11.3 Å². The first-order valence-corrected chi connectivity index (χ1v) is 12.6. The third-order valence-corrected chi connectivity index (χ3v) is 7.06. The number of fused-ring (bicyclic) bond motifs is 1. The summed E-state index contributed by atoms with van der Waals surface area (Å²) in [7, 11) is 0. The summed E-state index contributed by atoms with van der Waals surface area (Å²) in [6.07, 6.45) is 4.58. The normalized spacial score (nSPS) is 14.9. The van der Waals surface area contributed by atoms with Crippen molar-refractivity contribution in [2.24, 2.45) is 0 Å². The molecule has 4 aromatic rings. The third-order valence-electron chi connectivity index (χ3n) is 5.62. The van der Waals surface area contributed by atoms with E-state index in [0.717, 1.165) is 41.2 Å². The number of thioether (sulfide) groups is 1. The van der Waals surface area contributed by atoms with Crippen molar-refractivity contribution in [2.75, 3.05) is 11.5 Å². The SMILES string of the molecule is O=C1S/C(=C\c2cn(CCCOc3ccccc3Cl)c3ccccc23)C(=O)N1c1ccc(Cl)cc1.